The number of hydrogen-bond donors (Lipinski definition) is 1. The van der Waals surface area contributed by atoms with Crippen LogP contribution in [0.5, 0.6) is 0 Å². The maximum absolute atomic E-state index is 13.2. The second-order valence-electron chi connectivity index (χ2n) is 6.22. The lowest BCUT2D eigenvalue weighted by atomic mass is 10.2. The van der Waals surface area contributed by atoms with Gasteiger partial charge in [0, 0.05) is 35.1 Å². The van der Waals surface area contributed by atoms with E-state index in [0.717, 1.165) is 11.1 Å². The average Bonchev–Trinajstić information content (AvgIpc) is 3.02. The first kappa shape index (κ1) is 17.6. The van der Waals surface area contributed by atoms with Crippen molar-refractivity contribution in [1.82, 2.24) is 18.9 Å². The molecule has 0 fully saturated rings. The summed E-state index contributed by atoms with van der Waals surface area (Å²) in [7, 11) is -1.47. The van der Waals surface area contributed by atoms with Crippen molar-refractivity contribution in [1.29, 1.82) is 0 Å². The summed E-state index contributed by atoms with van der Waals surface area (Å²) in [5, 5.41) is 1.19. The number of aryl methyl sites for hydroxylation is 2. The summed E-state index contributed by atoms with van der Waals surface area (Å²) in [5.41, 5.74) is 9.05. The molecule has 4 aromatic rings. The first-order valence-corrected chi connectivity index (χ1v) is 9.67. The molecule has 27 heavy (non-hydrogen) atoms. The van der Waals surface area contributed by atoms with Gasteiger partial charge in [-0.15, -0.1) is 0 Å². The molecule has 2 N–H and O–H groups in total. The zero-order valence-corrected chi connectivity index (χ0v) is 16.3. The molecule has 0 saturated carbocycles. The van der Waals surface area contributed by atoms with Crippen molar-refractivity contribution in [3.05, 3.63) is 65.1 Å². The van der Waals surface area contributed by atoms with Gasteiger partial charge < -0.3 is 5.73 Å². The van der Waals surface area contributed by atoms with E-state index in [2.05, 4.69) is 15.0 Å². The summed E-state index contributed by atoms with van der Waals surface area (Å²) in [6.07, 6.45) is 4.92. The maximum atomic E-state index is 13.2. The molecule has 0 saturated heterocycles. The lowest BCUT2D eigenvalue weighted by molar-refractivity contribution is 0.678. The van der Waals surface area contributed by atoms with E-state index in [0.29, 0.717) is 38.2 Å². The van der Waals surface area contributed by atoms with E-state index in [1.807, 2.05) is 38.1 Å². The van der Waals surface area contributed by atoms with Crippen LogP contribution >= 0.6 is 11.6 Å². The van der Waals surface area contributed by atoms with Crippen LogP contribution in [0.4, 0.5) is 5.82 Å². The summed E-state index contributed by atoms with van der Waals surface area (Å²) in [5.74, 6) is 0.836. The molecule has 0 aliphatic carbocycles. The van der Waals surface area contributed by atoms with Gasteiger partial charge >= 0.3 is 0 Å². The van der Waals surface area contributed by atoms with Crippen LogP contribution in [-0.4, -0.2) is 23.1 Å². The van der Waals surface area contributed by atoms with Crippen LogP contribution in [0.2, 0.25) is 5.02 Å². The third-order valence-electron chi connectivity index (χ3n) is 4.23. The second-order valence-corrected chi connectivity index (χ2v) is 8.02. The molecule has 1 aromatic carbocycles. The molecule has 0 bridgehead atoms. The summed E-state index contributed by atoms with van der Waals surface area (Å²) in [6.45, 7) is 3.83. The smallest absolute Gasteiger partial charge is 0.163 e. The van der Waals surface area contributed by atoms with Crippen LogP contribution < -0.4 is 5.73 Å². The van der Waals surface area contributed by atoms with Crippen molar-refractivity contribution < 1.29 is 4.21 Å². The second kappa shape index (κ2) is 6.75. The molecule has 3 heterocycles. The molecule has 4 rings (SSSR count). The zero-order chi connectivity index (χ0) is 19.1. The van der Waals surface area contributed by atoms with Gasteiger partial charge in [-0.25, -0.2) is 23.1 Å². The van der Waals surface area contributed by atoms with Gasteiger partial charge in [-0.1, -0.05) is 29.3 Å². The van der Waals surface area contributed by atoms with Gasteiger partial charge in [0.05, 0.1) is 9.92 Å². The van der Waals surface area contributed by atoms with Crippen molar-refractivity contribution >= 4 is 39.4 Å². The molecule has 6 nitrogen and oxygen atoms in total. The fourth-order valence-corrected chi connectivity index (χ4v) is 3.97. The average molecular weight is 398 g/mol. The van der Waals surface area contributed by atoms with E-state index >= 15 is 0 Å². The number of halogens is 1. The van der Waals surface area contributed by atoms with Crippen LogP contribution in [0.25, 0.3) is 22.4 Å². The predicted octanol–water partition coefficient (Wildman–Crippen LogP) is 3.92. The molecular formula is C19H16ClN5OS. The van der Waals surface area contributed by atoms with E-state index in [4.69, 9.17) is 17.3 Å². The third kappa shape index (κ3) is 3.20. The van der Waals surface area contributed by atoms with Gasteiger partial charge in [0.15, 0.2) is 22.5 Å². The zero-order valence-electron chi connectivity index (χ0n) is 14.7. The van der Waals surface area contributed by atoms with Crippen LogP contribution in [-0.2, 0) is 11.0 Å². The minimum atomic E-state index is -1.47. The van der Waals surface area contributed by atoms with E-state index in [1.165, 1.54) is 6.20 Å². The SMILES string of the molecule is Cc1ccc(S(=O)n2cc(-c3ncc(C)c(N)n3)c3cc(Cl)cnc32)cc1. The van der Waals surface area contributed by atoms with Crippen LogP contribution in [0, 0.1) is 13.8 Å². The number of nitrogen functional groups attached to an aromatic ring is 1. The molecule has 136 valence electrons. The number of fused-ring (bicyclic) bond motifs is 1. The molecule has 0 aliphatic heterocycles. The molecular weight excluding hydrogens is 382 g/mol. The van der Waals surface area contributed by atoms with E-state index in [-0.39, 0.29) is 0 Å². The molecule has 0 aliphatic rings. The summed E-state index contributed by atoms with van der Waals surface area (Å²) >= 11 is 6.14. The Hall–Kier alpha value is -2.77. The first-order valence-electron chi connectivity index (χ1n) is 8.19. The molecule has 0 amide bonds. The van der Waals surface area contributed by atoms with E-state index in [1.54, 1.807) is 22.4 Å². The Balaban J connectivity index is 1.93. The quantitative estimate of drug-likeness (QED) is 0.566. The number of nitrogens with zero attached hydrogens (tertiary/aromatic N) is 4. The lowest BCUT2D eigenvalue weighted by Gasteiger charge is -2.05. The molecule has 3 aromatic heterocycles. The highest BCUT2D eigenvalue weighted by Gasteiger charge is 2.19. The predicted molar refractivity (Wildman–Crippen MR) is 108 cm³/mol. The maximum Gasteiger partial charge on any atom is 0.163 e. The van der Waals surface area contributed by atoms with Crippen molar-refractivity contribution in [2.24, 2.45) is 0 Å². The summed E-state index contributed by atoms with van der Waals surface area (Å²) in [4.78, 5) is 13.8. The normalized spacial score (nSPS) is 12.4. The summed E-state index contributed by atoms with van der Waals surface area (Å²) < 4.78 is 14.8. The van der Waals surface area contributed by atoms with Gasteiger partial charge in [-0.2, -0.15) is 0 Å². The Bertz CT molecular complexity index is 1190. The molecule has 0 radical (unpaired) electrons. The van der Waals surface area contributed by atoms with E-state index in [9.17, 15) is 4.21 Å². The lowest BCUT2D eigenvalue weighted by Crippen LogP contribution is -2.04. The van der Waals surface area contributed by atoms with Crippen molar-refractivity contribution in [2.45, 2.75) is 18.7 Å². The fraction of sp³-hybridized carbons (Fsp3) is 0.105. The number of pyridine rings is 1. The van der Waals surface area contributed by atoms with Gasteiger partial charge in [0.2, 0.25) is 0 Å². The van der Waals surface area contributed by atoms with Gasteiger partial charge in [0.25, 0.3) is 0 Å². The minimum Gasteiger partial charge on any atom is -0.383 e. The third-order valence-corrected chi connectivity index (χ3v) is 5.75. The Kier molecular flexibility index (Phi) is 4.41. The van der Waals surface area contributed by atoms with Crippen LogP contribution in [0.15, 0.2) is 53.8 Å². The van der Waals surface area contributed by atoms with Crippen molar-refractivity contribution in [3.63, 3.8) is 0 Å². The largest absolute Gasteiger partial charge is 0.383 e. The van der Waals surface area contributed by atoms with Crippen LogP contribution in [0.3, 0.4) is 0 Å². The fourth-order valence-electron chi connectivity index (χ4n) is 2.71. The highest BCUT2D eigenvalue weighted by atomic mass is 35.5. The Morgan fingerprint density at radius 2 is 1.85 bits per heavy atom. The molecule has 1 atom stereocenters. The first-order chi connectivity index (χ1) is 12.9. The van der Waals surface area contributed by atoms with Crippen LogP contribution in [0.1, 0.15) is 11.1 Å². The minimum absolute atomic E-state index is 0.399. The van der Waals surface area contributed by atoms with Crippen molar-refractivity contribution in [2.75, 3.05) is 5.73 Å². The number of anilines is 1. The topological polar surface area (TPSA) is 86.7 Å². The Morgan fingerprint density at radius 3 is 2.56 bits per heavy atom. The highest BCUT2D eigenvalue weighted by molar-refractivity contribution is 7.83. The Labute approximate surface area is 163 Å². The number of rotatable bonds is 3. The molecule has 1 unspecified atom stereocenters. The van der Waals surface area contributed by atoms with Gasteiger partial charge in [0.1, 0.15) is 5.82 Å². The summed E-state index contributed by atoms with van der Waals surface area (Å²) in [6, 6.07) is 9.30. The Morgan fingerprint density at radius 1 is 1.11 bits per heavy atom. The van der Waals surface area contributed by atoms with Gasteiger partial charge in [-0.05, 0) is 32.0 Å². The van der Waals surface area contributed by atoms with E-state index < -0.39 is 11.0 Å². The number of aromatic nitrogens is 4. The number of benzene rings is 1. The molecule has 8 heteroatoms. The standard InChI is InChI=1S/C19H16ClN5OS/c1-11-3-5-14(6-4-11)27(26)25-10-16(15-7-13(20)9-23-19(15)25)18-22-8-12(2)17(21)24-18/h3-10H,1-2H3,(H2,21,22,24). The monoisotopic (exact) mass is 397 g/mol. The molecule has 0 spiro atoms. The van der Waals surface area contributed by atoms with Gasteiger partial charge in [-0.3, -0.25) is 0 Å². The highest BCUT2D eigenvalue weighted by Crippen LogP contribution is 2.31. The van der Waals surface area contributed by atoms with Crippen molar-refractivity contribution in [3.8, 4) is 11.4 Å². The number of nitrogens with two attached hydrogens (primary N) is 1. The number of hydrogen-bond acceptors (Lipinski definition) is 5.